The largest absolute Gasteiger partial charge is 0.368 e. The molecule has 0 radical (unpaired) electrons. The van der Waals surface area contributed by atoms with Crippen LogP contribution in [0.5, 0.6) is 0 Å². The summed E-state index contributed by atoms with van der Waals surface area (Å²) >= 11 is 0. The lowest BCUT2D eigenvalue weighted by atomic mass is 9.96. The third kappa shape index (κ3) is 5.04. The molecule has 3 heterocycles. The summed E-state index contributed by atoms with van der Waals surface area (Å²) in [7, 11) is 0. The van der Waals surface area contributed by atoms with Crippen LogP contribution in [0.25, 0.3) is 0 Å². The quantitative estimate of drug-likeness (QED) is 0.736. The second-order valence-electron chi connectivity index (χ2n) is 9.02. The number of imidazole rings is 1. The number of carbonyl (C=O) groups is 1. The molecule has 6 nitrogen and oxygen atoms in total. The highest BCUT2D eigenvalue weighted by Crippen LogP contribution is 2.22. The van der Waals surface area contributed by atoms with E-state index in [2.05, 4.69) is 63.7 Å². The van der Waals surface area contributed by atoms with Crippen LogP contribution in [0.2, 0.25) is 0 Å². The number of hydrogen-bond acceptors (Lipinski definition) is 4. The topological polar surface area (TPSA) is 44.6 Å². The van der Waals surface area contributed by atoms with Crippen LogP contribution in [0.15, 0.2) is 42.7 Å². The molecule has 2 aliphatic heterocycles. The number of carbonyl (C=O) groups excluding carboxylic acids is 1. The van der Waals surface area contributed by atoms with E-state index in [1.165, 1.54) is 11.5 Å². The highest BCUT2D eigenvalue weighted by molar-refractivity contribution is 5.78. The maximum absolute atomic E-state index is 12.8. The summed E-state index contributed by atoms with van der Waals surface area (Å²) in [6.45, 7) is 11.5. The maximum Gasteiger partial charge on any atom is 0.236 e. The van der Waals surface area contributed by atoms with Gasteiger partial charge in [-0.15, -0.1) is 0 Å². The Bertz CT molecular complexity index is 802. The standard InChI is InChI=1S/C24H35N5O/c1-20(2)24-25-10-13-29(24)18-21-8-11-26(12-9-21)19-23(30)28-16-14-27(15-17-28)22-6-4-3-5-7-22/h3-7,10,13,20-21H,8-9,11-12,14-19H2,1-2H3. The number of aromatic nitrogens is 2. The van der Waals surface area contributed by atoms with Crippen LogP contribution in [0.3, 0.4) is 0 Å². The van der Waals surface area contributed by atoms with Gasteiger partial charge in [0.25, 0.3) is 0 Å². The molecule has 1 amide bonds. The molecule has 0 N–H and O–H groups in total. The zero-order chi connectivity index (χ0) is 20.9. The van der Waals surface area contributed by atoms with Crippen molar-refractivity contribution in [1.29, 1.82) is 0 Å². The van der Waals surface area contributed by atoms with E-state index in [0.717, 1.165) is 58.7 Å². The predicted octanol–water partition coefficient (Wildman–Crippen LogP) is 3.07. The fraction of sp³-hybridized carbons (Fsp3) is 0.583. The monoisotopic (exact) mass is 409 g/mol. The highest BCUT2D eigenvalue weighted by atomic mass is 16.2. The molecule has 1 aromatic heterocycles. The van der Waals surface area contributed by atoms with E-state index >= 15 is 0 Å². The first-order chi connectivity index (χ1) is 14.6. The number of hydrogen-bond donors (Lipinski definition) is 0. The van der Waals surface area contributed by atoms with Crippen LogP contribution in [0.4, 0.5) is 5.69 Å². The molecule has 30 heavy (non-hydrogen) atoms. The molecule has 4 rings (SSSR count). The number of piperidine rings is 1. The summed E-state index contributed by atoms with van der Waals surface area (Å²) in [5, 5.41) is 0. The van der Waals surface area contributed by atoms with E-state index in [1.54, 1.807) is 0 Å². The van der Waals surface area contributed by atoms with Crippen molar-refractivity contribution in [3.63, 3.8) is 0 Å². The molecule has 2 saturated heterocycles. The minimum atomic E-state index is 0.290. The Morgan fingerprint density at radius 3 is 2.40 bits per heavy atom. The van der Waals surface area contributed by atoms with E-state index in [-0.39, 0.29) is 5.91 Å². The third-order valence-corrected chi connectivity index (χ3v) is 6.54. The van der Waals surface area contributed by atoms with Gasteiger partial charge in [-0.1, -0.05) is 32.0 Å². The van der Waals surface area contributed by atoms with E-state index < -0.39 is 0 Å². The van der Waals surface area contributed by atoms with E-state index in [1.807, 2.05) is 17.2 Å². The van der Waals surface area contributed by atoms with Crippen molar-refractivity contribution in [1.82, 2.24) is 19.4 Å². The van der Waals surface area contributed by atoms with Gasteiger partial charge in [0.15, 0.2) is 0 Å². The van der Waals surface area contributed by atoms with Gasteiger partial charge in [0.05, 0.1) is 6.54 Å². The van der Waals surface area contributed by atoms with Gasteiger partial charge in [-0.3, -0.25) is 9.69 Å². The van der Waals surface area contributed by atoms with Gasteiger partial charge in [0.2, 0.25) is 5.91 Å². The second kappa shape index (κ2) is 9.65. The smallest absolute Gasteiger partial charge is 0.236 e. The molecular weight excluding hydrogens is 374 g/mol. The first-order valence-electron chi connectivity index (χ1n) is 11.4. The molecule has 2 fully saturated rings. The number of piperazine rings is 1. The van der Waals surface area contributed by atoms with Crippen LogP contribution in [-0.2, 0) is 11.3 Å². The predicted molar refractivity (Wildman–Crippen MR) is 121 cm³/mol. The van der Waals surface area contributed by atoms with Crippen LogP contribution in [-0.4, -0.2) is 71.1 Å². The minimum Gasteiger partial charge on any atom is -0.368 e. The molecule has 2 aliphatic rings. The van der Waals surface area contributed by atoms with Gasteiger partial charge in [-0.25, -0.2) is 4.98 Å². The molecule has 0 aliphatic carbocycles. The molecule has 162 valence electrons. The molecule has 2 aromatic rings. The zero-order valence-electron chi connectivity index (χ0n) is 18.4. The number of rotatable bonds is 6. The van der Waals surface area contributed by atoms with Crippen LogP contribution < -0.4 is 4.90 Å². The Labute approximate surface area is 180 Å². The van der Waals surface area contributed by atoms with E-state index in [9.17, 15) is 4.79 Å². The van der Waals surface area contributed by atoms with Crippen molar-refractivity contribution < 1.29 is 4.79 Å². The lowest BCUT2D eigenvalue weighted by molar-refractivity contribution is -0.133. The number of para-hydroxylation sites is 1. The zero-order valence-corrected chi connectivity index (χ0v) is 18.4. The first kappa shape index (κ1) is 20.9. The third-order valence-electron chi connectivity index (χ3n) is 6.54. The van der Waals surface area contributed by atoms with Crippen molar-refractivity contribution in [2.24, 2.45) is 5.92 Å². The van der Waals surface area contributed by atoms with Crippen LogP contribution >= 0.6 is 0 Å². The Morgan fingerprint density at radius 2 is 1.73 bits per heavy atom. The Morgan fingerprint density at radius 1 is 1.03 bits per heavy atom. The molecule has 0 saturated carbocycles. The minimum absolute atomic E-state index is 0.290. The summed E-state index contributed by atoms with van der Waals surface area (Å²) in [4.78, 5) is 24.1. The van der Waals surface area contributed by atoms with Crippen LogP contribution in [0, 0.1) is 5.92 Å². The van der Waals surface area contributed by atoms with Gasteiger partial charge in [0.1, 0.15) is 5.82 Å². The summed E-state index contributed by atoms with van der Waals surface area (Å²) in [6.07, 6.45) is 6.34. The average Bonchev–Trinajstić information content (AvgIpc) is 3.24. The summed E-state index contributed by atoms with van der Waals surface area (Å²) in [5.74, 6) is 2.61. The Kier molecular flexibility index (Phi) is 6.72. The number of amides is 1. The van der Waals surface area contributed by atoms with Gasteiger partial charge in [0, 0.05) is 56.7 Å². The number of nitrogens with zero attached hydrogens (tertiary/aromatic N) is 5. The molecule has 0 atom stereocenters. The Hall–Kier alpha value is -2.34. The van der Waals surface area contributed by atoms with Gasteiger partial charge >= 0.3 is 0 Å². The van der Waals surface area contributed by atoms with Crippen molar-refractivity contribution in [3.05, 3.63) is 48.5 Å². The number of benzene rings is 1. The first-order valence-corrected chi connectivity index (χ1v) is 11.4. The van der Waals surface area contributed by atoms with E-state index in [4.69, 9.17) is 0 Å². The maximum atomic E-state index is 12.8. The normalized spacial score (nSPS) is 18.9. The van der Waals surface area contributed by atoms with Crippen molar-refractivity contribution in [2.45, 2.75) is 39.2 Å². The van der Waals surface area contributed by atoms with Crippen LogP contribution in [0.1, 0.15) is 38.4 Å². The summed E-state index contributed by atoms with van der Waals surface area (Å²) < 4.78 is 2.32. The highest BCUT2D eigenvalue weighted by Gasteiger charge is 2.26. The number of likely N-dealkylation sites (tertiary alicyclic amines) is 1. The SMILES string of the molecule is CC(C)c1nccn1CC1CCN(CC(=O)N2CCN(c3ccccc3)CC2)CC1. The van der Waals surface area contributed by atoms with Crippen molar-refractivity contribution >= 4 is 11.6 Å². The van der Waals surface area contributed by atoms with Gasteiger partial charge in [-0.2, -0.15) is 0 Å². The average molecular weight is 410 g/mol. The van der Waals surface area contributed by atoms with E-state index in [0.29, 0.717) is 18.4 Å². The lowest BCUT2D eigenvalue weighted by Crippen LogP contribution is -2.52. The summed E-state index contributed by atoms with van der Waals surface area (Å²) in [6, 6.07) is 10.5. The number of anilines is 1. The van der Waals surface area contributed by atoms with Crippen molar-refractivity contribution in [2.75, 3.05) is 50.7 Å². The molecule has 6 heteroatoms. The van der Waals surface area contributed by atoms with Crippen molar-refractivity contribution in [3.8, 4) is 0 Å². The van der Waals surface area contributed by atoms with Gasteiger partial charge < -0.3 is 14.4 Å². The molecule has 1 aromatic carbocycles. The fourth-order valence-corrected chi connectivity index (χ4v) is 4.73. The van der Waals surface area contributed by atoms with Gasteiger partial charge in [-0.05, 0) is 44.0 Å². The summed E-state index contributed by atoms with van der Waals surface area (Å²) in [5.41, 5.74) is 1.25. The molecule has 0 spiro atoms. The molecular formula is C24H35N5O. The molecule has 0 bridgehead atoms. The second-order valence-corrected chi connectivity index (χ2v) is 9.02. The lowest BCUT2D eigenvalue weighted by Gasteiger charge is -2.38. The molecule has 0 unspecified atom stereocenters. The fourth-order valence-electron chi connectivity index (χ4n) is 4.73. The Balaban J connectivity index is 1.20.